The number of anilines is 1. The normalized spacial score (nSPS) is 11.6. The molecule has 0 saturated heterocycles. The van der Waals surface area contributed by atoms with Crippen LogP contribution in [-0.4, -0.2) is 37.0 Å². The van der Waals surface area contributed by atoms with Crippen LogP contribution in [0.15, 0.2) is 82.8 Å². The van der Waals surface area contributed by atoms with E-state index in [1.807, 2.05) is 30.3 Å². The standard InChI is InChI=1S/C24H26N4O5S/c1-3-27(4-2)34(31,32)22-14-15-23(24(16-22)28(29)30)26-25-17-19-10-12-21(13-11-19)33-18-20-8-6-5-7-9-20/h5-17,26H,3-4,18H2,1-2H3. The number of nitro groups is 1. The molecule has 0 spiro atoms. The SMILES string of the molecule is CCN(CC)S(=O)(=O)c1ccc(NN=Cc2ccc(OCc3ccccc3)cc2)c([N+](=O)[O-])c1. The van der Waals surface area contributed by atoms with E-state index >= 15 is 0 Å². The topological polar surface area (TPSA) is 114 Å². The van der Waals surface area contributed by atoms with Crippen molar-refractivity contribution in [3.8, 4) is 5.75 Å². The highest BCUT2D eigenvalue weighted by Gasteiger charge is 2.25. The third-order valence-electron chi connectivity index (χ3n) is 5.04. The molecule has 0 aliphatic carbocycles. The quantitative estimate of drug-likeness (QED) is 0.242. The van der Waals surface area contributed by atoms with Crippen molar-refractivity contribution in [3.05, 3.63) is 94.0 Å². The van der Waals surface area contributed by atoms with Crippen molar-refractivity contribution in [3.63, 3.8) is 0 Å². The van der Waals surface area contributed by atoms with E-state index in [2.05, 4.69) is 10.5 Å². The fourth-order valence-corrected chi connectivity index (χ4v) is 4.68. The van der Waals surface area contributed by atoms with Crippen molar-refractivity contribution in [2.75, 3.05) is 18.5 Å². The average Bonchev–Trinajstić information content (AvgIpc) is 2.84. The summed E-state index contributed by atoms with van der Waals surface area (Å²) in [5.74, 6) is 0.703. The molecule has 0 atom stereocenters. The Bertz CT molecular complexity index is 1240. The highest BCUT2D eigenvalue weighted by atomic mass is 32.2. The summed E-state index contributed by atoms with van der Waals surface area (Å²) in [4.78, 5) is 10.8. The van der Waals surface area contributed by atoms with Crippen LogP contribution in [-0.2, 0) is 16.6 Å². The van der Waals surface area contributed by atoms with Crippen LogP contribution in [0.25, 0.3) is 0 Å². The number of ether oxygens (including phenoxy) is 1. The van der Waals surface area contributed by atoms with Gasteiger partial charge >= 0.3 is 0 Å². The summed E-state index contributed by atoms with van der Waals surface area (Å²) < 4.78 is 32.3. The van der Waals surface area contributed by atoms with E-state index in [1.54, 1.807) is 38.1 Å². The Morgan fingerprint density at radius 2 is 1.71 bits per heavy atom. The second kappa shape index (κ2) is 11.4. The predicted molar refractivity (Wildman–Crippen MR) is 132 cm³/mol. The van der Waals surface area contributed by atoms with Gasteiger partial charge in [-0.25, -0.2) is 8.42 Å². The molecule has 9 nitrogen and oxygen atoms in total. The first-order valence-corrected chi connectivity index (χ1v) is 12.1. The van der Waals surface area contributed by atoms with Gasteiger partial charge in [-0.15, -0.1) is 0 Å². The number of nitrogens with one attached hydrogen (secondary N) is 1. The maximum absolute atomic E-state index is 12.7. The first-order valence-electron chi connectivity index (χ1n) is 10.7. The van der Waals surface area contributed by atoms with Crippen LogP contribution in [0.1, 0.15) is 25.0 Å². The van der Waals surface area contributed by atoms with Crippen molar-refractivity contribution in [2.45, 2.75) is 25.3 Å². The van der Waals surface area contributed by atoms with Crippen LogP contribution < -0.4 is 10.2 Å². The van der Waals surface area contributed by atoms with Gasteiger partial charge < -0.3 is 4.74 Å². The fourth-order valence-electron chi connectivity index (χ4n) is 3.20. The number of hydrogen-bond donors (Lipinski definition) is 1. The van der Waals surface area contributed by atoms with E-state index in [9.17, 15) is 18.5 Å². The molecular weight excluding hydrogens is 456 g/mol. The molecular formula is C24H26N4O5S. The average molecular weight is 483 g/mol. The molecule has 3 rings (SSSR count). The second-order valence-electron chi connectivity index (χ2n) is 7.24. The summed E-state index contributed by atoms with van der Waals surface area (Å²) in [6.45, 7) is 4.42. The highest BCUT2D eigenvalue weighted by Crippen LogP contribution is 2.29. The first-order chi connectivity index (χ1) is 16.3. The lowest BCUT2D eigenvalue weighted by atomic mass is 10.2. The zero-order chi connectivity index (χ0) is 24.6. The third kappa shape index (κ3) is 6.18. The Kier molecular flexibility index (Phi) is 8.34. The zero-order valence-electron chi connectivity index (χ0n) is 18.9. The minimum absolute atomic E-state index is 0.0857. The van der Waals surface area contributed by atoms with Gasteiger partial charge in [0.15, 0.2) is 0 Å². The molecule has 34 heavy (non-hydrogen) atoms. The lowest BCUT2D eigenvalue weighted by Crippen LogP contribution is -2.30. The van der Waals surface area contributed by atoms with E-state index < -0.39 is 14.9 Å². The molecule has 0 aliphatic heterocycles. The van der Waals surface area contributed by atoms with Gasteiger partial charge in [0, 0.05) is 19.2 Å². The number of nitro benzene ring substituents is 1. The van der Waals surface area contributed by atoms with Crippen molar-refractivity contribution in [1.29, 1.82) is 0 Å². The minimum atomic E-state index is -3.81. The van der Waals surface area contributed by atoms with Crippen molar-refractivity contribution in [2.24, 2.45) is 5.10 Å². The highest BCUT2D eigenvalue weighted by molar-refractivity contribution is 7.89. The maximum atomic E-state index is 12.7. The summed E-state index contributed by atoms with van der Waals surface area (Å²) in [5, 5.41) is 15.6. The van der Waals surface area contributed by atoms with Gasteiger partial charge in [0.05, 0.1) is 16.0 Å². The molecule has 0 fully saturated rings. The monoisotopic (exact) mass is 482 g/mol. The first kappa shape index (κ1) is 24.9. The number of nitrogens with zero attached hydrogens (tertiary/aromatic N) is 3. The number of hydrazone groups is 1. The van der Waals surface area contributed by atoms with Gasteiger partial charge in [-0.1, -0.05) is 44.2 Å². The summed E-state index contributed by atoms with van der Waals surface area (Å²) >= 11 is 0. The van der Waals surface area contributed by atoms with E-state index in [4.69, 9.17) is 4.74 Å². The van der Waals surface area contributed by atoms with Crippen LogP contribution in [0.3, 0.4) is 0 Å². The lowest BCUT2D eigenvalue weighted by molar-refractivity contribution is -0.384. The Morgan fingerprint density at radius 3 is 2.32 bits per heavy atom. The number of rotatable bonds is 11. The maximum Gasteiger partial charge on any atom is 0.295 e. The van der Waals surface area contributed by atoms with Gasteiger partial charge in [-0.2, -0.15) is 9.41 Å². The predicted octanol–water partition coefficient (Wildman–Crippen LogP) is 4.65. The molecule has 0 radical (unpaired) electrons. The molecule has 0 unspecified atom stereocenters. The molecule has 3 aromatic carbocycles. The number of hydrogen-bond acceptors (Lipinski definition) is 7. The Hall–Kier alpha value is -3.76. The molecule has 3 aromatic rings. The van der Waals surface area contributed by atoms with Crippen LogP contribution in [0.5, 0.6) is 5.75 Å². The molecule has 0 amide bonds. The minimum Gasteiger partial charge on any atom is -0.489 e. The van der Waals surface area contributed by atoms with Crippen LogP contribution in [0.4, 0.5) is 11.4 Å². The van der Waals surface area contributed by atoms with Gasteiger partial charge in [0.2, 0.25) is 10.0 Å². The van der Waals surface area contributed by atoms with E-state index in [1.165, 1.54) is 22.7 Å². The van der Waals surface area contributed by atoms with Crippen LogP contribution >= 0.6 is 0 Å². The molecule has 0 heterocycles. The Labute approximate surface area is 198 Å². The van der Waals surface area contributed by atoms with Crippen LogP contribution in [0.2, 0.25) is 0 Å². The Morgan fingerprint density at radius 1 is 1.03 bits per heavy atom. The fraction of sp³-hybridized carbons (Fsp3) is 0.208. The van der Waals surface area contributed by atoms with Gasteiger partial charge in [0.25, 0.3) is 5.69 Å². The molecule has 178 valence electrons. The smallest absolute Gasteiger partial charge is 0.295 e. The summed E-state index contributed by atoms with van der Waals surface area (Å²) in [6, 6.07) is 20.8. The largest absolute Gasteiger partial charge is 0.489 e. The van der Waals surface area contributed by atoms with Gasteiger partial charge in [-0.05, 0) is 47.5 Å². The molecule has 0 saturated carbocycles. The molecule has 0 bridgehead atoms. The third-order valence-corrected chi connectivity index (χ3v) is 7.08. The summed E-state index contributed by atoms with van der Waals surface area (Å²) in [6.07, 6.45) is 1.51. The van der Waals surface area contributed by atoms with Crippen molar-refractivity contribution >= 4 is 27.6 Å². The van der Waals surface area contributed by atoms with Crippen LogP contribution in [0, 0.1) is 10.1 Å². The molecule has 0 aliphatic rings. The second-order valence-corrected chi connectivity index (χ2v) is 9.18. The van der Waals surface area contributed by atoms with Crippen molar-refractivity contribution in [1.82, 2.24) is 4.31 Å². The number of sulfonamides is 1. The molecule has 10 heteroatoms. The summed E-state index contributed by atoms with van der Waals surface area (Å²) in [7, 11) is -3.81. The van der Waals surface area contributed by atoms with Crippen molar-refractivity contribution < 1.29 is 18.1 Å². The Balaban J connectivity index is 1.68. The van der Waals surface area contributed by atoms with E-state index in [0.717, 1.165) is 17.2 Å². The van der Waals surface area contributed by atoms with E-state index in [-0.39, 0.29) is 29.4 Å². The molecule has 0 aromatic heterocycles. The zero-order valence-corrected chi connectivity index (χ0v) is 19.7. The number of benzene rings is 3. The van der Waals surface area contributed by atoms with Gasteiger partial charge in [-0.3, -0.25) is 15.5 Å². The van der Waals surface area contributed by atoms with Gasteiger partial charge in [0.1, 0.15) is 18.0 Å². The lowest BCUT2D eigenvalue weighted by Gasteiger charge is -2.18. The molecule has 1 N–H and O–H groups in total. The summed E-state index contributed by atoms with van der Waals surface area (Å²) in [5.41, 5.74) is 4.15. The van der Waals surface area contributed by atoms with E-state index in [0.29, 0.717) is 12.4 Å².